The van der Waals surface area contributed by atoms with Gasteiger partial charge in [-0.25, -0.2) is 9.50 Å². The van der Waals surface area contributed by atoms with Gasteiger partial charge in [0.15, 0.2) is 11.4 Å². The Hall–Kier alpha value is -3.67. The molecular formula is C28H33N5O6. The number of aliphatic imine (C=N–C) groups is 1. The average Bonchev–Trinajstić information content (AvgIpc) is 3.50. The van der Waals surface area contributed by atoms with Crippen molar-refractivity contribution in [3.63, 3.8) is 0 Å². The number of ether oxygens (including phenoxy) is 2. The predicted octanol–water partition coefficient (Wildman–Crippen LogP) is 2.51. The zero-order chi connectivity index (χ0) is 27.4. The van der Waals surface area contributed by atoms with Gasteiger partial charge < -0.3 is 25.0 Å². The Bertz CT molecular complexity index is 1340. The van der Waals surface area contributed by atoms with Gasteiger partial charge in [-0.1, -0.05) is 37.5 Å². The first-order valence-corrected chi connectivity index (χ1v) is 13.3. The topological polar surface area (TPSA) is 148 Å². The van der Waals surface area contributed by atoms with Gasteiger partial charge in [0.2, 0.25) is 0 Å². The molecule has 1 saturated heterocycles. The lowest BCUT2D eigenvalue weighted by Crippen LogP contribution is -2.43. The third-order valence-electron chi connectivity index (χ3n) is 7.52. The van der Waals surface area contributed by atoms with E-state index >= 15 is 0 Å². The summed E-state index contributed by atoms with van der Waals surface area (Å²) in [4.78, 5) is 33.5. The highest BCUT2D eigenvalue weighted by molar-refractivity contribution is 6.05. The number of nitrogens with one attached hydrogen (secondary N) is 1. The van der Waals surface area contributed by atoms with Crippen molar-refractivity contribution in [2.45, 2.75) is 62.4 Å². The van der Waals surface area contributed by atoms with Gasteiger partial charge in [0.25, 0.3) is 5.91 Å². The summed E-state index contributed by atoms with van der Waals surface area (Å²) >= 11 is 0. The third-order valence-corrected chi connectivity index (χ3v) is 7.52. The minimum atomic E-state index is -1.59. The Labute approximate surface area is 225 Å². The highest BCUT2D eigenvalue weighted by Gasteiger charge is 2.56. The number of hydrogen-bond acceptors (Lipinski definition) is 9. The standard InChI is InChI=1S/C28H33N5O6/c1-29-16-28(25(36)24(35)21(39-28)15-38-23(34)14-18-8-4-2-5-9-18)22-13-12-20-26(30-17-31-33(20)22)32-27(37)19-10-6-3-7-11-19/h3,6-7,10-13,16-18,21,24-25,35-36H,2,4-5,8-9,14-15H2,1H3,(H,30,31,32,37)/t21-,24-,25-,28+/m1/s1. The first kappa shape index (κ1) is 26.9. The fourth-order valence-corrected chi connectivity index (χ4v) is 5.51. The molecule has 4 atom stereocenters. The van der Waals surface area contributed by atoms with Crippen molar-refractivity contribution in [3.05, 3.63) is 60.0 Å². The molecule has 1 aliphatic carbocycles. The number of aliphatic hydroxyl groups excluding tert-OH is 2. The Kier molecular flexibility index (Phi) is 8.01. The molecule has 2 aromatic heterocycles. The van der Waals surface area contributed by atoms with E-state index in [-0.39, 0.29) is 24.3 Å². The number of amides is 1. The van der Waals surface area contributed by atoms with Crippen LogP contribution in [0, 0.1) is 5.92 Å². The number of aliphatic hydroxyl groups is 2. The Morgan fingerprint density at radius 1 is 1.18 bits per heavy atom. The van der Waals surface area contributed by atoms with Crippen LogP contribution >= 0.6 is 0 Å². The number of carbonyl (C=O) groups is 2. The van der Waals surface area contributed by atoms with E-state index in [9.17, 15) is 19.8 Å². The molecule has 2 fully saturated rings. The lowest BCUT2D eigenvalue weighted by atomic mass is 9.87. The van der Waals surface area contributed by atoms with Gasteiger partial charge in [-0.2, -0.15) is 5.10 Å². The van der Waals surface area contributed by atoms with E-state index in [1.54, 1.807) is 36.4 Å². The number of anilines is 1. The highest BCUT2D eigenvalue weighted by Crippen LogP contribution is 2.40. The fourth-order valence-electron chi connectivity index (χ4n) is 5.51. The van der Waals surface area contributed by atoms with E-state index in [4.69, 9.17) is 9.47 Å². The van der Waals surface area contributed by atoms with Gasteiger partial charge in [0, 0.05) is 25.2 Å². The molecule has 1 aromatic carbocycles. The Morgan fingerprint density at radius 3 is 2.69 bits per heavy atom. The van der Waals surface area contributed by atoms with Crippen molar-refractivity contribution in [3.8, 4) is 0 Å². The number of esters is 1. The van der Waals surface area contributed by atoms with Gasteiger partial charge in [0.05, 0.1) is 5.69 Å². The van der Waals surface area contributed by atoms with E-state index in [1.807, 2.05) is 6.07 Å². The first-order chi connectivity index (χ1) is 18.9. The molecule has 5 rings (SSSR count). The number of benzene rings is 1. The maximum absolute atomic E-state index is 12.7. The van der Waals surface area contributed by atoms with E-state index in [1.165, 1.54) is 30.5 Å². The molecule has 1 aliphatic heterocycles. The molecule has 3 heterocycles. The summed E-state index contributed by atoms with van der Waals surface area (Å²) in [6.07, 6.45) is 4.73. The zero-order valence-corrected chi connectivity index (χ0v) is 21.8. The molecule has 3 N–H and O–H groups in total. The molecule has 11 nitrogen and oxygen atoms in total. The van der Waals surface area contributed by atoms with Crippen molar-refractivity contribution in [2.75, 3.05) is 19.0 Å². The summed E-state index contributed by atoms with van der Waals surface area (Å²) in [6, 6.07) is 12.1. The molecule has 39 heavy (non-hydrogen) atoms. The maximum atomic E-state index is 12.7. The van der Waals surface area contributed by atoms with Crippen LogP contribution in [0.1, 0.15) is 54.6 Å². The van der Waals surface area contributed by atoms with Crippen molar-refractivity contribution in [2.24, 2.45) is 10.9 Å². The van der Waals surface area contributed by atoms with Gasteiger partial charge in [-0.05, 0) is 43.0 Å². The summed E-state index contributed by atoms with van der Waals surface area (Å²) < 4.78 is 13.1. The van der Waals surface area contributed by atoms with Crippen LogP contribution in [-0.2, 0) is 19.9 Å². The smallest absolute Gasteiger partial charge is 0.306 e. The number of rotatable bonds is 8. The highest BCUT2D eigenvalue weighted by atomic mass is 16.6. The zero-order valence-electron chi connectivity index (χ0n) is 21.8. The lowest BCUT2D eigenvalue weighted by molar-refractivity contribution is -0.151. The second-order valence-corrected chi connectivity index (χ2v) is 10.1. The molecule has 0 unspecified atom stereocenters. The number of hydrogen-bond donors (Lipinski definition) is 3. The summed E-state index contributed by atoms with van der Waals surface area (Å²) in [5.41, 5.74) is -0.304. The maximum Gasteiger partial charge on any atom is 0.306 e. The summed E-state index contributed by atoms with van der Waals surface area (Å²) in [7, 11) is 1.53. The number of nitrogens with zero attached hydrogens (tertiary/aromatic N) is 4. The van der Waals surface area contributed by atoms with Gasteiger partial charge >= 0.3 is 5.97 Å². The van der Waals surface area contributed by atoms with Crippen LogP contribution in [0.5, 0.6) is 0 Å². The SMILES string of the molecule is CN=C[C@@]1(c2ccc3c(NC(=O)c4ccccc4)ncnn23)O[C@H](COC(=O)CC2CCCCC2)[C@@H](O)[C@H]1O. The monoisotopic (exact) mass is 535 g/mol. The minimum Gasteiger partial charge on any atom is -0.463 e. The molecule has 1 amide bonds. The fraction of sp³-hybridized carbons (Fsp3) is 0.464. The molecular weight excluding hydrogens is 502 g/mol. The van der Waals surface area contributed by atoms with Crippen molar-refractivity contribution >= 4 is 29.4 Å². The number of fused-ring (bicyclic) bond motifs is 1. The summed E-state index contributed by atoms with van der Waals surface area (Å²) in [6.45, 7) is -0.209. The van der Waals surface area contributed by atoms with Crippen LogP contribution in [0.15, 0.2) is 53.8 Å². The normalized spacial score (nSPS) is 25.8. The number of carbonyl (C=O) groups excluding carboxylic acids is 2. The quantitative estimate of drug-likeness (QED) is 0.294. The van der Waals surface area contributed by atoms with Crippen molar-refractivity contribution in [1.29, 1.82) is 0 Å². The molecule has 0 bridgehead atoms. The summed E-state index contributed by atoms with van der Waals surface area (Å²) in [5, 5.41) is 29.2. The molecule has 2 aliphatic rings. The second-order valence-electron chi connectivity index (χ2n) is 10.1. The molecule has 206 valence electrons. The van der Waals surface area contributed by atoms with Crippen LogP contribution in [0.25, 0.3) is 5.52 Å². The molecule has 0 spiro atoms. The van der Waals surface area contributed by atoms with Crippen LogP contribution in [0.3, 0.4) is 0 Å². The average molecular weight is 536 g/mol. The predicted molar refractivity (Wildman–Crippen MR) is 143 cm³/mol. The Balaban J connectivity index is 1.36. The number of aromatic nitrogens is 3. The summed E-state index contributed by atoms with van der Waals surface area (Å²) in [5.74, 6) is -0.101. The molecule has 0 radical (unpaired) electrons. The largest absolute Gasteiger partial charge is 0.463 e. The first-order valence-electron chi connectivity index (χ1n) is 13.3. The van der Waals surface area contributed by atoms with Crippen LogP contribution in [0.4, 0.5) is 5.82 Å². The van der Waals surface area contributed by atoms with Crippen LogP contribution in [-0.4, -0.2) is 74.9 Å². The van der Waals surface area contributed by atoms with E-state index < -0.39 is 23.9 Å². The molecule has 1 saturated carbocycles. The Morgan fingerprint density at radius 2 is 1.95 bits per heavy atom. The van der Waals surface area contributed by atoms with Crippen molar-refractivity contribution in [1.82, 2.24) is 14.6 Å². The molecule has 3 aromatic rings. The van der Waals surface area contributed by atoms with Gasteiger partial charge in [-0.3, -0.25) is 14.6 Å². The van der Waals surface area contributed by atoms with Gasteiger partial charge in [-0.15, -0.1) is 0 Å². The minimum absolute atomic E-state index is 0.209. The van der Waals surface area contributed by atoms with Gasteiger partial charge in [0.1, 0.15) is 36.8 Å². The van der Waals surface area contributed by atoms with E-state index in [0.29, 0.717) is 29.1 Å². The lowest BCUT2D eigenvalue weighted by Gasteiger charge is -2.27. The van der Waals surface area contributed by atoms with E-state index in [2.05, 4.69) is 20.4 Å². The second kappa shape index (κ2) is 11.6. The van der Waals surface area contributed by atoms with Crippen LogP contribution in [0.2, 0.25) is 0 Å². The van der Waals surface area contributed by atoms with E-state index in [0.717, 1.165) is 25.7 Å². The third kappa shape index (κ3) is 5.42. The van der Waals surface area contributed by atoms with Crippen LogP contribution < -0.4 is 5.32 Å². The van der Waals surface area contributed by atoms with Crippen molar-refractivity contribution < 1.29 is 29.3 Å². The molecule has 11 heteroatoms.